The third-order valence-electron chi connectivity index (χ3n) is 5.46. The molecular formula is C23H30ClN3O4. The molecule has 1 fully saturated rings. The Morgan fingerprint density at radius 1 is 1.26 bits per heavy atom. The molecule has 1 saturated heterocycles. The van der Waals surface area contributed by atoms with E-state index in [0.717, 1.165) is 38.2 Å². The monoisotopic (exact) mass is 447 g/mol. The van der Waals surface area contributed by atoms with Gasteiger partial charge in [-0.05, 0) is 31.0 Å². The molecule has 2 aromatic carbocycles. The number of ether oxygens (including phenoxy) is 3. The molecule has 7 nitrogen and oxygen atoms in total. The number of hydrogen-bond donors (Lipinski definition) is 2. The van der Waals surface area contributed by atoms with Gasteiger partial charge in [0.25, 0.3) is 5.91 Å². The lowest BCUT2D eigenvalue weighted by molar-refractivity contribution is 0.00527. The Morgan fingerprint density at radius 3 is 2.74 bits per heavy atom. The van der Waals surface area contributed by atoms with Crippen molar-refractivity contribution in [1.29, 1.82) is 0 Å². The first-order valence-corrected chi connectivity index (χ1v) is 10.8. The van der Waals surface area contributed by atoms with E-state index in [-0.39, 0.29) is 18.1 Å². The molecule has 1 aliphatic heterocycles. The van der Waals surface area contributed by atoms with Gasteiger partial charge in [-0.15, -0.1) is 0 Å². The van der Waals surface area contributed by atoms with Crippen molar-refractivity contribution in [3.05, 3.63) is 53.1 Å². The standard InChI is InChI=1S/C23H30ClN3O4/c1-29-21-14-19(25)18(24)13-17(21)23(28)26-20-9-11-27(15-22(20)30-2)10-6-12-31-16-7-4-3-5-8-16/h3-5,7-8,13-14,20,22H,6,9-12,15,25H2,1-2H3,(H,26,28)/t20-,22+/m1/s1. The lowest BCUT2D eigenvalue weighted by atomic mass is 10.0. The molecule has 1 amide bonds. The van der Waals surface area contributed by atoms with Crippen molar-refractivity contribution in [2.24, 2.45) is 0 Å². The zero-order valence-electron chi connectivity index (χ0n) is 18.0. The van der Waals surface area contributed by atoms with Crippen LogP contribution < -0.4 is 20.5 Å². The third kappa shape index (κ3) is 6.26. The fraction of sp³-hybridized carbons (Fsp3) is 0.435. The van der Waals surface area contributed by atoms with Crippen molar-refractivity contribution >= 4 is 23.2 Å². The van der Waals surface area contributed by atoms with E-state index >= 15 is 0 Å². The minimum atomic E-state index is -0.254. The van der Waals surface area contributed by atoms with E-state index in [4.69, 9.17) is 31.5 Å². The Hall–Kier alpha value is -2.48. The maximum absolute atomic E-state index is 12.9. The average molecular weight is 448 g/mol. The topological polar surface area (TPSA) is 86.0 Å². The van der Waals surface area contributed by atoms with Crippen LogP contribution in [-0.4, -0.2) is 63.4 Å². The van der Waals surface area contributed by atoms with Crippen molar-refractivity contribution < 1.29 is 19.0 Å². The van der Waals surface area contributed by atoms with Crippen LogP contribution >= 0.6 is 11.6 Å². The van der Waals surface area contributed by atoms with Crippen molar-refractivity contribution in [2.75, 3.05) is 46.2 Å². The van der Waals surface area contributed by atoms with Crippen LogP contribution in [0, 0.1) is 0 Å². The first-order valence-electron chi connectivity index (χ1n) is 10.4. The summed E-state index contributed by atoms with van der Waals surface area (Å²) in [6.45, 7) is 3.19. The van der Waals surface area contributed by atoms with Crippen molar-refractivity contribution in [1.82, 2.24) is 10.2 Å². The zero-order valence-corrected chi connectivity index (χ0v) is 18.7. The van der Waals surface area contributed by atoms with Gasteiger partial charge in [-0.1, -0.05) is 29.8 Å². The number of halogens is 1. The summed E-state index contributed by atoms with van der Waals surface area (Å²) in [6.07, 6.45) is 1.60. The predicted octanol–water partition coefficient (Wildman–Crippen LogP) is 3.22. The summed E-state index contributed by atoms with van der Waals surface area (Å²) < 4.78 is 16.7. The van der Waals surface area contributed by atoms with Crippen LogP contribution in [0.4, 0.5) is 5.69 Å². The summed E-state index contributed by atoms with van der Waals surface area (Å²) in [5, 5.41) is 3.39. The van der Waals surface area contributed by atoms with E-state index in [9.17, 15) is 4.79 Å². The second-order valence-corrected chi connectivity index (χ2v) is 7.94. The summed E-state index contributed by atoms with van der Waals surface area (Å²) >= 11 is 6.10. The van der Waals surface area contributed by atoms with Crippen LogP contribution in [0.2, 0.25) is 5.02 Å². The number of nitrogens with one attached hydrogen (secondary N) is 1. The zero-order chi connectivity index (χ0) is 22.2. The molecule has 3 rings (SSSR count). The van der Waals surface area contributed by atoms with Crippen LogP contribution in [0.1, 0.15) is 23.2 Å². The number of rotatable bonds is 9. The van der Waals surface area contributed by atoms with Crippen molar-refractivity contribution in [2.45, 2.75) is 25.0 Å². The number of para-hydroxylation sites is 1. The lowest BCUT2D eigenvalue weighted by Gasteiger charge is -2.38. The Labute approximate surface area is 188 Å². The number of methoxy groups -OCH3 is 2. The van der Waals surface area contributed by atoms with Crippen LogP contribution in [0.3, 0.4) is 0 Å². The summed E-state index contributed by atoms with van der Waals surface area (Å²) in [7, 11) is 3.17. The Morgan fingerprint density at radius 2 is 2.03 bits per heavy atom. The van der Waals surface area contributed by atoms with Gasteiger partial charge in [-0.25, -0.2) is 0 Å². The molecule has 0 spiro atoms. The quantitative estimate of drug-likeness (QED) is 0.453. The average Bonchev–Trinajstić information content (AvgIpc) is 2.79. The maximum Gasteiger partial charge on any atom is 0.255 e. The number of nitrogen functional groups attached to an aromatic ring is 1. The third-order valence-corrected chi connectivity index (χ3v) is 5.78. The number of nitrogens with two attached hydrogens (primary N) is 1. The van der Waals surface area contributed by atoms with Crippen molar-refractivity contribution in [3.63, 3.8) is 0 Å². The smallest absolute Gasteiger partial charge is 0.255 e. The fourth-order valence-corrected chi connectivity index (χ4v) is 3.91. The second kappa shape index (κ2) is 11.2. The van der Waals surface area contributed by atoms with Crippen LogP contribution in [0.15, 0.2) is 42.5 Å². The molecule has 0 aliphatic carbocycles. The summed E-state index contributed by atoms with van der Waals surface area (Å²) in [5.74, 6) is 1.02. The second-order valence-electron chi connectivity index (χ2n) is 7.53. The van der Waals surface area contributed by atoms with Crippen LogP contribution in [-0.2, 0) is 4.74 Å². The fourth-order valence-electron chi connectivity index (χ4n) is 3.74. The molecule has 0 bridgehead atoms. The number of hydrogen-bond acceptors (Lipinski definition) is 6. The molecule has 2 atom stereocenters. The van der Waals surface area contributed by atoms with Crippen LogP contribution in [0.25, 0.3) is 0 Å². The minimum absolute atomic E-state index is 0.102. The minimum Gasteiger partial charge on any atom is -0.496 e. The molecule has 0 unspecified atom stereocenters. The van der Waals surface area contributed by atoms with E-state index in [1.807, 2.05) is 30.3 Å². The molecule has 0 radical (unpaired) electrons. The largest absolute Gasteiger partial charge is 0.496 e. The van der Waals surface area contributed by atoms with E-state index in [2.05, 4.69) is 10.2 Å². The highest BCUT2D eigenvalue weighted by atomic mass is 35.5. The number of benzene rings is 2. The molecule has 0 aromatic heterocycles. The first-order chi connectivity index (χ1) is 15.0. The highest BCUT2D eigenvalue weighted by Crippen LogP contribution is 2.29. The summed E-state index contributed by atoms with van der Waals surface area (Å²) in [6, 6.07) is 12.8. The number of amides is 1. The van der Waals surface area contributed by atoms with Gasteiger partial charge in [0.05, 0.1) is 42.1 Å². The Kier molecular flexibility index (Phi) is 8.40. The molecule has 168 valence electrons. The highest BCUT2D eigenvalue weighted by Gasteiger charge is 2.31. The number of piperidine rings is 1. The maximum atomic E-state index is 12.9. The molecule has 3 N–H and O–H groups in total. The molecule has 1 aliphatic rings. The molecule has 2 aromatic rings. The van der Waals surface area contributed by atoms with E-state index in [1.165, 1.54) is 13.2 Å². The van der Waals surface area contributed by atoms with Gasteiger partial charge in [0.15, 0.2) is 0 Å². The number of nitrogens with zero attached hydrogens (tertiary/aromatic N) is 1. The SMILES string of the molecule is COc1cc(N)c(Cl)cc1C(=O)N[C@@H]1CCN(CCCOc2ccccc2)C[C@@H]1OC. The predicted molar refractivity (Wildman–Crippen MR) is 122 cm³/mol. The van der Waals surface area contributed by atoms with Gasteiger partial charge in [-0.3, -0.25) is 4.79 Å². The van der Waals surface area contributed by atoms with E-state index < -0.39 is 0 Å². The molecule has 8 heteroatoms. The van der Waals surface area contributed by atoms with Gasteiger partial charge >= 0.3 is 0 Å². The highest BCUT2D eigenvalue weighted by molar-refractivity contribution is 6.33. The van der Waals surface area contributed by atoms with Gasteiger partial charge < -0.3 is 30.2 Å². The Balaban J connectivity index is 1.50. The number of likely N-dealkylation sites (tertiary alicyclic amines) is 1. The van der Waals surface area contributed by atoms with E-state index in [1.54, 1.807) is 13.2 Å². The number of carbonyl (C=O) groups is 1. The first kappa shape index (κ1) is 23.2. The molecular weight excluding hydrogens is 418 g/mol. The lowest BCUT2D eigenvalue weighted by Crippen LogP contribution is -2.55. The van der Waals surface area contributed by atoms with Gasteiger partial charge in [0, 0.05) is 32.8 Å². The van der Waals surface area contributed by atoms with E-state index in [0.29, 0.717) is 28.6 Å². The van der Waals surface area contributed by atoms with Crippen LogP contribution in [0.5, 0.6) is 11.5 Å². The summed E-state index contributed by atoms with van der Waals surface area (Å²) in [5.41, 5.74) is 6.54. The molecule has 31 heavy (non-hydrogen) atoms. The molecule has 0 saturated carbocycles. The van der Waals surface area contributed by atoms with Gasteiger partial charge in [-0.2, -0.15) is 0 Å². The van der Waals surface area contributed by atoms with Crippen molar-refractivity contribution in [3.8, 4) is 11.5 Å². The normalized spacial score (nSPS) is 19.1. The number of carbonyl (C=O) groups excluding carboxylic acids is 1. The van der Waals surface area contributed by atoms with Gasteiger partial charge in [0.2, 0.25) is 0 Å². The molecule has 1 heterocycles. The number of anilines is 1. The van der Waals surface area contributed by atoms with Gasteiger partial charge in [0.1, 0.15) is 11.5 Å². The summed E-state index contributed by atoms with van der Waals surface area (Å²) in [4.78, 5) is 15.2. The Bertz CT molecular complexity index is 865.